The van der Waals surface area contributed by atoms with Crippen LogP contribution in [-0.4, -0.2) is 18.1 Å². The lowest BCUT2D eigenvalue weighted by Gasteiger charge is -2.14. The maximum atomic E-state index is 12.9. The van der Waals surface area contributed by atoms with E-state index in [1.54, 1.807) is 18.2 Å². The molecule has 2 aromatic rings. The molecule has 0 amide bonds. The lowest BCUT2D eigenvalue weighted by atomic mass is 10.2. The molecular formula is C16H12F3N3O2S. The van der Waals surface area contributed by atoms with Gasteiger partial charge >= 0.3 is 6.18 Å². The number of nitrogens with zero attached hydrogens (tertiary/aromatic N) is 1. The Hall–Kier alpha value is -2.81. The van der Waals surface area contributed by atoms with E-state index in [-0.39, 0.29) is 17.6 Å². The molecule has 130 valence electrons. The molecule has 0 aliphatic carbocycles. The lowest BCUT2D eigenvalue weighted by Crippen LogP contribution is -2.25. The summed E-state index contributed by atoms with van der Waals surface area (Å²) in [6.45, 7) is 0.167. The number of hydrogen-bond acceptors (Lipinski definition) is 4. The number of anilines is 1. The van der Waals surface area contributed by atoms with Crippen LogP contribution < -0.4 is 20.2 Å². The second-order valence-corrected chi connectivity index (χ2v) is 5.39. The van der Waals surface area contributed by atoms with E-state index in [1.807, 2.05) is 0 Å². The molecule has 0 aromatic heterocycles. The van der Waals surface area contributed by atoms with Gasteiger partial charge in [0.05, 0.1) is 17.5 Å². The van der Waals surface area contributed by atoms with E-state index in [2.05, 4.69) is 15.8 Å². The van der Waals surface area contributed by atoms with Gasteiger partial charge in [-0.15, -0.1) is 0 Å². The number of halogens is 3. The standard InChI is InChI=1S/C16H12F3N3O2S/c17-16(18,19)11-3-1-2-4-12(11)21-15(25)22-20-8-10-5-6-13-14(7-10)24-9-23-13/h1-8H,9H2,(H2,21,22,25)/b20-8-. The number of hydrazone groups is 1. The summed E-state index contributed by atoms with van der Waals surface area (Å²) in [7, 11) is 0. The highest BCUT2D eigenvalue weighted by Crippen LogP contribution is 2.34. The number of fused-ring (bicyclic) bond motifs is 1. The number of ether oxygens (including phenoxy) is 2. The van der Waals surface area contributed by atoms with Gasteiger partial charge in [0.15, 0.2) is 16.6 Å². The van der Waals surface area contributed by atoms with Gasteiger partial charge in [0.1, 0.15) is 0 Å². The zero-order chi connectivity index (χ0) is 17.9. The molecule has 0 saturated carbocycles. The third kappa shape index (κ3) is 4.18. The molecule has 3 rings (SSSR count). The first-order chi connectivity index (χ1) is 11.9. The minimum absolute atomic E-state index is 0.0614. The molecule has 1 heterocycles. The molecule has 25 heavy (non-hydrogen) atoms. The van der Waals surface area contributed by atoms with Crippen LogP contribution in [0.25, 0.3) is 0 Å². The van der Waals surface area contributed by atoms with E-state index >= 15 is 0 Å². The van der Waals surface area contributed by atoms with E-state index in [9.17, 15) is 13.2 Å². The number of thiocarbonyl (C=S) groups is 1. The van der Waals surface area contributed by atoms with Crippen LogP contribution in [0.15, 0.2) is 47.6 Å². The van der Waals surface area contributed by atoms with Crippen LogP contribution in [0.4, 0.5) is 18.9 Å². The summed E-state index contributed by atoms with van der Waals surface area (Å²) in [6.07, 6.45) is -3.01. The van der Waals surface area contributed by atoms with Crippen molar-refractivity contribution in [3.8, 4) is 11.5 Å². The van der Waals surface area contributed by atoms with E-state index in [4.69, 9.17) is 21.7 Å². The fraction of sp³-hybridized carbons (Fsp3) is 0.125. The summed E-state index contributed by atoms with van der Waals surface area (Å²) in [5, 5.41) is 6.32. The predicted octanol–water partition coefficient (Wildman–Crippen LogP) is 3.75. The fourth-order valence-corrected chi connectivity index (χ4v) is 2.31. The molecule has 2 aromatic carbocycles. The van der Waals surface area contributed by atoms with Crippen molar-refractivity contribution in [3.63, 3.8) is 0 Å². The highest BCUT2D eigenvalue weighted by molar-refractivity contribution is 7.80. The third-order valence-corrected chi connectivity index (χ3v) is 3.45. The number of nitrogens with one attached hydrogen (secondary N) is 2. The minimum Gasteiger partial charge on any atom is -0.454 e. The molecule has 0 spiro atoms. The van der Waals surface area contributed by atoms with Crippen molar-refractivity contribution in [2.45, 2.75) is 6.18 Å². The largest absolute Gasteiger partial charge is 0.454 e. The number of hydrogen-bond donors (Lipinski definition) is 2. The van der Waals surface area contributed by atoms with Gasteiger partial charge in [0.25, 0.3) is 0 Å². The van der Waals surface area contributed by atoms with Crippen LogP contribution >= 0.6 is 12.2 Å². The molecule has 5 nitrogen and oxygen atoms in total. The molecule has 0 fully saturated rings. The summed E-state index contributed by atoms with van der Waals surface area (Å²) < 4.78 is 49.2. The van der Waals surface area contributed by atoms with Gasteiger partial charge in [0.2, 0.25) is 6.79 Å². The topological polar surface area (TPSA) is 54.9 Å². The average Bonchev–Trinajstić information content (AvgIpc) is 3.02. The Balaban J connectivity index is 1.62. The first kappa shape index (κ1) is 17.0. The van der Waals surface area contributed by atoms with Crippen molar-refractivity contribution in [1.29, 1.82) is 0 Å². The Morgan fingerprint density at radius 3 is 2.68 bits per heavy atom. The number of rotatable bonds is 3. The Kier molecular flexibility index (Phi) is 4.75. The van der Waals surface area contributed by atoms with E-state index < -0.39 is 11.7 Å². The molecule has 9 heteroatoms. The maximum Gasteiger partial charge on any atom is 0.418 e. The van der Waals surface area contributed by atoms with Gasteiger partial charge in [-0.1, -0.05) is 12.1 Å². The Morgan fingerprint density at radius 2 is 1.88 bits per heavy atom. The minimum atomic E-state index is -4.48. The average molecular weight is 367 g/mol. The monoisotopic (exact) mass is 367 g/mol. The molecule has 0 saturated heterocycles. The molecule has 1 aliphatic heterocycles. The quantitative estimate of drug-likeness (QED) is 0.492. The summed E-state index contributed by atoms with van der Waals surface area (Å²) in [5.74, 6) is 1.25. The Bertz CT molecular complexity index is 825. The van der Waals surface area contributed by atoms with E-state index in [0.29, 0.717) is 11.5 Å². The van der Waals surface area contributed by atoms with Crippen molar-refractivity contribution in [3.05, 3.63) is 53.6 Å². The molecule has 0 bridgehead atoms. The second kappa shape index (κ2) is 6.98. The smallest absolute Gasteiger partial charge is 0.418 e. The maximum absolute atomic E-state index is 12.9. The van der Waals surface area contributed by atoms with Crippen LogP contribution in [0.3, 0.4) is 0 Å². The highest BCUT2D eigenvalue weighted by Gasteiger charge is 2.33. The summed E-state index contributed by atoms with van der Waals surface area (Å²) in [4.78, 5) is 0. The Morgan fingerprint density at radius 1 is 1.12 bits per heavy atom. The van der Waals surface area contributed by atoms with Crippen LogP contribution in [0.2, 0.25) is 0 Å². The molecule has 0 atom stereocenters. The van der Waals surface area contributed by atoms with Crippen molar-refractivity contribution in [1.82, 2.24) is 5.43 Å². The van der Waals surface area contributed by atoms with Crippen LogP contribution in [0.5, 0.6) is 11.5 Å². The molecule has 0 radical (unpaired) electrons. The lowest BCUT2D eigenvalue weighted by molar-refractivity contribution is -0.136. The number of alkyl halides is 3. The van der Waals surface area contributed by atoms with Crippen molar-refractivity contribution in [2.24, 2.45) is 5.10 Å². The zero-order valence-corrected chi connectivity index (χ0v) is 13.4. The second-order valence-electron chi connectivity index (χ2n) is 4.98. The van der Waals surface area contributed by atoms with Crippen molar-refractivity contribution in [2.75, 3.05) is 12.1 Å². The molecule has 1 aliphatic rings. The van der Waals surface area contributed by atoms with Crippen molar-refractivity contribution >= 4 is 29.2 Å². The Labute approximate surface area is 146 Å². The third-order valence-electron chi connectivity index (χ3n) is 3.26. The van der Waals surface area contributed by atoms with Gasteiger partial charge in [0, 0.05) is 0 Å². The van der Waals surface area contributed by atoms with Crippen molar-refractivity contribution < 1.29 is 22.6 Å². The van der Waals surface area contributed by atoms with Gasteiger partial charge in [-0.2, -0.15) is 18.3 Å². The zero-order valence-electron chi connectivity index (χ0n) is 12.6. The molecular weight excluding hydrogens is 355 g/mol. The van der Waals surface area contributed by atoms with E-state index in [0.717, 1.165) is 11.6 Å². The number of benzene rings is 2. The summed E-state index contributed by atoms with van der Waals surface area (Å²) in [6, 6.07) is 10.3. The van der Waals surface area contributed by atoms with Gasteiger partial charge in [-0.3, -0.25) is 5.43 Å². The first-order valence-electron chi connectivity index (χ1n) is 7.09. The van der Waals surface area contributed by atoms with Crippen LogP contribution in [-0.2, 0) is 6.18 Å². The van der Waals surface area contributed by atoms with Crippen LogP contribution in [0, 0.1) is 0 Å². The van der Waals surface area contributed by atoms with Gasteiger partial charge in [-0.05, 0) is 48.1 Å². The summed E-state index contributed by atoms with van der Waals surface area (Å²) >= 11 is 4.97. The normalized spacial score (nSPS) is 13.1. The van der Waals surface area contributed by atoms with E-state index in [1.165, 1.54) is 24.4 Å². The first-order valence-corrected chi connectivity index (χ1v) is 7.50. The highest BCUT2D eigenvalue weighted by atomic mass is 32.1. The molecule has 0 unspecified atom stereocenters. The summed E-state index contributed by atoms with van der Waals surface area (Å²) in [5.41, 5.74) is 2.24. The fourth-order valence-electron chi connectivity index (χ4n) is 2.15. The van der Waals surface area contributed by atoms with Gasteiger partial charge in [-0.25, -0.2) is 0 Å². The van der Waals surface area contributed by atoms with Gasteiger partial charge < -0.3 is 14.8 Å². The molecule has 2 N–H and O–H groups in total. The van der Waals surface area contributed by atoms with Crippen LogP contribution in [0.1, 0.15) is 11.1 Å². The number of para-hydroxylation sites is 1. The predicted molar refractivity (Wildman–Crippen MR) is 91.0 cm³/mol. The SMILES string of the molecule is FC(F)(F)c1ccccc1NC(=S)N/N=C\c1ccc2c(c1)OCO2.